The molecule has 1 aliphatic heterocycles. The van der Waals surface area contributed by atoms with E-state index in [4.69, 9.17) is 10.5 Å². The molecule has 1 aromatic heterocycles. The molecule has 0 bridgehead atoms. The lowest BCUT2D eigenvalue weighted by Gasteiger charge is -2.22. The number of amides is 1. The van der Waals surface area contributed by atoms with E-state index in [0.29, 0.717) is 25.4 Å². The van der Waals surface area contributed by atoms with E-state index in [-0.39, 0.29) is 11.7 Å². The predicted octanol–water partition coefficient (Wildman–Crippen LogP) is 3.34. The first-order valence-electron chi connectivity index (χ1n) is 8.54. The van der Waals surface area contributed by atoms with Crippen LogP contribution in [0.4, 0.5) is 0 Å². The normalized spacial score (nSPS) is 15.2. The van der Waals surface area contributed by atoms with E-state index < -0.39 is 6.04 Å². The topological polar surface area (TPSA) is 75.8 Å². The van der Waals surface area contributed by atoms with Gasteiger partial charge in [-0.25, -0.2) is 0 Å². The molecule has 1 aliphatic rings. The minimum atomic E-state index is -0.561. The SMILES string of the molecule is C[C@H](N)C(=O)N1CCOc2c(O)cc(-c3csc4ccccc34)cc2C1. The summed E-state index contributed by atoms with van der Waals surface area (Å²) in [7, 11) is 0. The Morgan fingerprint density at radius 2 is 2.15 bits per heavy atom. The lowest BCUT2D eigenvalue weighted by Crippen LogP contribution is -2.42. The lowest BCUT2D eigenvalue weighted by atomic mass is 10.0. The van der Waals surface area contributed by atoms with Crippen LogP contribution in [0.2, 0.25) is 0 Å². The molecule has 26 heavy (non-hydrogen) atoms. The number of nitrogens with zero attached hydrogens (tertiary/aromatic N) is 1. The number of fused-ring (bicyclic) bond motifs is 2. The molecule has 0 fully saturated rings. The third kappa shape index (κ3) is 2.91. The van der Waals surface area contributed by atoms with Gasteiger partial charge in [-0.3, -0.25) is 4.79 Å². The minimum absolute atomic E-state index is 0.0999. The molecular weight excluding hydrogens is 348 g/mol. The van der Waals surface area contributed by atoms with E-state index >= 15 is 0 Å². The Labute approximate surface area is 155 Å². The van der Waals surface area contributed by atoms with Crippen molar-refractivity contribution >= 4 is 27.3 Å². The number of ether oxygens (including phenoxy) is 1. The molecule has 134 valence electrons. The number of phenolic OH excluding ortho intramolecular Hbond substituents is 1. The van der Waals surface area contributed by atoms with Crippen LogP contribution < -0.4 is 10.5 Å². The minimum Gasteiger partial charge on any atom is -0.504 e. The monoisotopic (exact) mass is 368 g/mol. The van der Waals surface area contributed by atoms with E-state index in [1.54, 1.807) is 29.2 Å². The number of nitrogens with two attached hydrogens (primary N) is 1. The van der Waals surface area contributed by atoms with Crippen molar-refractivity contribution in [3.63, 3.8) is 0 Å². The summed E-state index contributed by atoms with van der Waals surface area (Å²) in [4.78, 5) is 14.0. The number of aromatic hydroxyl groups is 1. The highest BCUT2D eigenvalue weighted by molar-refractivity contribution is 7.17. The van der Waals surface area contributed by atoms with Gasteiger partial charge in [-0.05, 0) is 36.1 Å². The molecule has 6 heteroatoms. The number of hydrogen-bond acceptors (Lipinski definition) is 5. The van der Waals surface area contributed by atoms with Crippen molar-refractivity contribution in [1.82, 2.24) is 4.90 Å². The molecule has 3 N–H and O–H groups in total. The Kier molecular flexibility index (Phi) is 4.30. The number of hydrogen-bond donors (Lipinski definition) is 2. The van der Waals surface area contributed by atoms with Crippen LogP contribution in [0.3, 0.4) is 0 Å². The number of phenols is 1. The number of thiophene rings is 1. The second kappa shape index (κ2) is 6.63. The fourth-order valence-electron chi connectivity index (χ4n) is 3.33. The van der Waals surface area contributed by atoms with Crippen molar-refractivity contribution in [2.75, 3.05) is 13.2 Å². The van der Waals surface area contributed by atoms with Gasteiger partial charge in [-0.2, -0.15) is 0 Å². The van der Waals surface area contributed by atoms with Crippen molar-refractivity contribution in [3.8, 4) is 22.6 Å². The molecule has 0 unspecified atom stereocenters. The quantitative estimate of drug-likeness (QED) is 0.727. The smallest absolute Gasteiger partial charge is 0.239 e. The molecule has 5 nitrogen and oxygen atoms in total. The van der Waals surface area contributed by atoms with Crippen molar-refractivity contribution in [1.29, 1.82) is 0 Å². The molecule has 3 aromatic rings. The first-order valence-corrected chi connectivity index (χ1v) is 9.42. The van der Waals surface area contributed by atoms with Gasteiger partial charge < -0.3 is 20.5 Å². The highest BCUT2D eigenvalue weighted by Gasteiger charge is 2.24. The average molecular weight is 368 g/mol. The second-order valence-electron chi connectivity index (χ2n) is 6.53. The van der Waals surface area contributed by atoms with Crippen LogP contribution in [0.25, 0.3) is 21.2 Å². The summed E-state index contributed by atoms with van der Waals surface area (Å²) in [6, 6.07) is 11.4. The fourth-order valence-corrected chi connectivity index (χ4v) is 4.30. The van der Waals surface area contributed by atoms with E-state index in [9.17, 15) is 9.90 Å². The predicted molar refractivity (Wildman–Crippen MR) is 103 cm³/mol. The molecule has 0 spiro atoms. The van der Waals surface area contributed by atoms with Crippen molar-refractivity contribution in [2.45, 2.75) is 19.5 Å². The second-order valence-corrected chi connectivity index (χ2v) is 7.44. The van der Waals surface area contributed by atoms with Crippen LogP contribution in [-0.2, 0) is 11.3 Å². The Hall–Kier alpha value is -2.57. The van der Waals surface area contributed by atoms with Gasteiger partial charge in [0.1, 0.15) is 6.61 Å². The van der Waals surface area contributed by atoms with Gasteiger partial charge in [-0.15, -0.1) is 11.3 Å². The molecule has 1 amide bonds. The largest absolute Gasteiger partial charge is 0.504 e. The van der Waals surface area contributed by atoms with Gasteiger partial charge in [0.2, 0.25) is 5.91 Å². The van der Waals surface area contributed by atoms with E-state index in [0.717, 1.165) is 22.1 Å². The summed E-state index contributed by atoms with van der Waals surface area (Å²) in [6.45, 7) is 2.84. The van der Waals surface area contributed by atoms with Gasteiger partial charge in [0.25, 0.3) is 0 Å². The van der Waals surface area contributed by atoms with Gasteiger partial charge in [0.15, 0.2) is 11.5 Å². The van der Waals surface area contributed by atoms with Gasteiger partial charge in [-0.1, -0.05) is 18.2 Å². The first-order chi connectivity index (χ1) is 12.5. The Balaban J connectivity index is 1.78. The zero-order valence-electron chi connectivity index (χ0n) is 14.4. The summed E-state index contributed by atoms with van der Waals surface area (Å²) in [5.41, 5.74) is 8.53. The van der Waals surface area contributed by atoms with Gasteiger partial charge in [0, 0.05) is 27.8 Å². The molecule has 2 heterocycles. The van der Waals surface area contributed by atoms with Crippen LogP contribution in [0, 0.1) is 0 Å². The third-order valence-electron chi connectivity index (χ3n) is 4.61. The molecule has 0 aliphatic carbocycles. The van der Waals surface area contributed by atoms with E-state index in [1.807, 2.05) is 18.2 Å². The molecule has 1 atom stereocenters. The van der Waals surface area contributed by atoms with Crippen LogP contribution >= 0.6 is 11.3 Å². The zero-order valence-corrected chi connectivity index (χ0v) is 15.3. The molecule has 0 saturated carbocycles. The molecular formula is C20H20N2O3S. The lowest BCUT2D eigenvalue weighted by molar-refractivity contribution is -0.132. The van der Waals surface area contributed by atoms with Crippen LogP contribution in [0.5, 0.6) is 11.5 Å². The zero-order chi connectivity index (χ0) is 18.3. The maximum Gasteiger partial charge on any atom is 0.239 e. The third-order valence-corrected chi connectivity index (χ3v) is 5.57. The van der Waals surface area contributed by atoms with Crippen LogP contribution in [0.1, 0.15) is 12.5 Å². The van der Waals surface area contributed by atoms with Gasteiger partial charge >= 0.3 is 0 Å². The number of carbonyl (C=O) groups is 1. The summed E-state index contributed by atoms with van der Waals surface area (Å²) < 4.78 is 6.91. The molecule has 0 radical (unpaired) electrons. The first kappa shape index (κ1) is 16.9. The Morgan fingerprint density at radius 1 is 1.35 bits per heavy atom. The standard InChI is InChI=1S/C20H20N2O3S/c1-12(21)20(24)22-6-7-25-19-14(10-22)8-13(9-17(19)23)16-11-26-18-5-3-2-4-15(16)18/h2-5,8-9,11-12,23H,6-7,10,21H2,1H3/t12-/m0/s1. The molecule has 4 rings (SSSR count). The summed E-state index contributed by atoms with van der Waals surface area (Å²) >= 11 is 1.67. The average Bonchev–Trinajstić information content (AvgIpc) is 2.93. The van der Waals surface area contributed by atoms with E-state index in [2.05, 4.69) is 17.5 Å². The number of carbonyl (C=O) groups excluding carboxylic acids is 1. The number of benzene rings is 2. The van der Waals surface area contributed by atoms with E-state index in [1.165, 1.54) is 4.70 Å². The fraction of sp³-hybridized carbons (Fsp3) is 0.250. The van der Waals surface area contributed by atoms with Gasteiger partial charge in [0.05, 0.1) is 12.6 Å². The Bertz CT molecular complexity index is 980. The Morgan fingerprint density at radius 3 is 2.96 bits per heavy atom. The van der Waals surface area contributed by atoms with Crippen molar-refractivity contribution in [3.05, 3.63) is 47.3 Å². The summed E-state index contributed by atoms with van der Waals surface area (Å²) in [6.07, 6.45) is 0. The summed E-state index contributed by atoms with van der Waals surface area (Å²) in [5.74, 6) is 0.434. The van der Waals surface area contributed by atoms with Crippen LogP contribution in [0.15, 0.2) is 41.8 Å². The van der Waals surface area contributed by atoms with Crippen molar-refractivity contribution < 1.29 is 14.6 Å². The van der Waals surface area contributed by atoms with Crippen molar-refractivity contribution in [2.24, 2.45) is 5.73 Å². The number of rotatable bonds is 2. The molecule has 2 aromatic carbocycles. The maximum atomic E-state index is 12.3. The highest BCUT2D eigenvalue weighted by atomic mass is 32.1. The van der Waals surface area contributed by atoms with Crippen LogP contribution in [-0.4, -0.2) is 35.1 Å². The summed E-state index contributed by atoms with van der Waals surface area (Å²) in [5, 5.41) is 13.8. The molecule has 0 saturated heterocycles. The highest BCUT2D eigenvalue weighted by Crippen LogP contribution is 2.41. The maximum absolute atomic E-state index is 12.3.